The normalized spacial score (nSPS) is 13.3. The van der Waals surface area contributed by atoms with Crippen LogP contribution in [0.25, 0.3) is 17.1 Å². The number of rotatable bonds is 8. The topological polar surface area (TPSA) is 120 Å². The van der Waals surface area contributed by atoms with Crippen LogP contribution in [0.2, 0.25) is 10.0 Å². The highest BCUT2D eigenvalue weighted by molar-refractivity contribution is 6.32. The van der Waals surface area contributed by atoms with E-state index < -0.39 is 30.6 Å². The number of para-hydroxylation sites is 1. The van der Waals surface area contributed by atoms with E-state index in [2.05, 4.69) is 20.5 Å². The second-order valence-electron chi connectivity index (χ2n) is 8.61. The summed E-state index contributed by atoms with van der Waals surface area (Å²) in [6.07, 6.45) is -7.76. The number of aliphatic hydroxyl groups is 1. The molecule has 0 fully saturated rings. The average Bonchev–Trinajstić information content (AvgIpc) is 3.41. The van der Waals surface area contributed by atoms with Gasteiger partial charge < -0.3 is 10.4 Å². The van der Waals surface area contributed by atoms with Crippen LogP contribution in [-0.2, 0) is 17.9 Å². The molecule has 0 spiro atoms. The van der Waals surface area contributed by atoms with Gasteiger partial charge in [-0.2, -0.15) is 13.2 Å². The van der Waals surface area contributed by atoms with Crippen molar-refractivity contribution in [1.82, 2.24) is 34.4 Å². The van der Waals surface area contributed by atoms with Gasteiger partial charge in [-0.1, -0.05) is 35.3 Å². The predicted octanol–water partition coefficient (Wildman–Crippen LogP) is 3.77. The first-order chi connectivity index (χ1) is 18.3. The molecule has 10 nitrogen and oxygen atoms in total. The quantitative estimate of drug-likeness (QED) is 0.326. The number of aromatic nitrogens is 6. The number of alkyl halides is 3. The summed E-state index contributed by atoms with van der Waals surface area (Å²) in [5.74, 6) is -0.0556. The lowest BCUT2D eigenvalue weighted by Crippen LogP contribution is -2.37. The Bertz CT molecular complexity index is 1550. The van der Waals surface area contributed by atoms with Gasteiger partial charge in [-0.3, -0.25) is 9.36 Å². The molecule has 0 saturated carbocycles. The van der Waals surface area contributed by atoms with E-state index in [0.717, 1.165) is 9.25 Å². The zero-order valence-corrected chi connectivity index (χ0v) is 22.0. The Hall–Kier alpha value is -3.68. The Balaban J connectivity index is 1.79. The van der Waals surface area contributed by atoms with E-state index >= 15 is 0 Å². The molecule has 15 heteroatoms. The van der Waals surface area contributed by atoms with Gasteiger partial charge in [0.15, 0.2) is 23.6 Å². The van der Waals surface area contributed by atoms with Gasteiger partial charge in [0.2, 0.25) is 5.91 Å². The smallest absolute Gasteiger partial charge is 0.382 e. The lowest BCUT2D eigenvalue weighted by atomic mass is 10.2. The summed E-state index contributed by atoms with van der Waals surface area (Å²) < 4.78 is 42.5. The summed E-state index contributed by atoms with van der Waals surface area (Å²) in [4.78, 5) is 29.4. The number of carbonyl (C=O) groups excluding carboxylic acids is 1. The number of halogens is 5. The highest BCUT2D eigenvalue weighted by Gasteiger charge is 2.39. The number of aliphatic hydroxyl groups excluding tert-OH is 1. The molecule has 2 aromatic carbocycles. The van der Waals surface area contributed by atoms with Crippen LogP contribution < -0.4 is 11.0 Å². The fraction of sp³-hybridized carbons (Fsp3) is 0.292. The molecule has 0 bridgehead atoms. The molecule has 0 radical (unpaired) electrons. The van der Waals surface area contributed by atoms with Crippen LogP contribution in [0.15, 0.2) is 53.3 Å². The molecule has 0 saturated heterocycles. The Morgan fingerprint density at radius 3 is 2.38 bits per heavy atom. The van der Waals surface area contributed by atoms with Crippen molar-refractivity contribution in [2.75, 3.05) is 0 Å². The summed E-state index contributed by atoms with van der Waals surface area (Å²) in [6.45, 7) is 1.62. The van der Waals surface area contributed by atoms with Crippen molar-refractivity contribution in [3.8, 4) is 17.1 Å². The van der Waals surface area contributed by atoms with Crippen molar-refractivity contribution < 1.29 is 23.1 Å². The van der Waals surface area contributed by atoms with E-state index in [1.165, 1.54) is 35.9 Å². The first-order valence-corrected chi connectivity index (χ1v) is 12.3. The summed E-state index contributed by atoms with van der Waals surface area (Å²) in [5.41, 5.74) is -0.161. The third kappa shape index (κ3) is 6.32. The lowest BCUT2D eigenvalue weighted by molar-refractivity contribution is -0.207. The number of hydrogen-bond acceptors (Lipinski definition) is 6. The van der Waals surface area contributed by atoms with Crippen molar-refractivity contribution in [3.05, 3.63) is 80.7 Å². The molecule has 2 N–H and O–H groups in total. The number of benzene rings is 2. The maximum atomic E-state index is 13.2. The molecule has 0 aliphatic rings. The van der Waals surface area contributed by atoms with Crippen molar-refractivity contribution in [2.24, 2.45) is 0 Å². The third-order valence-electron chi connectivity index (χ3n) is 5.61. The number of amides is 1. The Kier molecular flexibility index (Phi) is 8.14. The molecule has 4 aromatic rings. The van der Waals surface area contributed by atoms with E-state index in [9.17, 15) is 27.9 Å². The van der Waals surface area contributed by atoms with Crippen LogP contribution in [0.4, 0.5) is 13.2 Å². The second kappa shape index (κ2) is 11.2. The van der Waals surface area contributed by atoms with Crippen LogP contribution in [0.3, 0.4) is 0 Å². The zero-order chi connectivity index (χ0) is 28.5. The Labute approximate surface area is 229 Å². The molecule has 206 valence electrons. The minimum Gasteiger partial charge on any atom is -0.382 e. The molecule has 2 aromatic heterocycles. The molecule has 1 amide bonds. The van der Waals surface area contributed by atoms with E-state index in [1.807, 2.05) is 0 Å². The molecular weight excluding hydrogens is 562 g/mol. The Morgan fingerprint density at radius 1 is 1.10 bits per heavy atom. The van der Waals surface area contributed by atoms with Gasteiger partial charge in [0, 0.05) is 17.5 Å². The van der Waals surface area contributed by atoms with Crippen LogP contribution in [-0.4, -0.2) is 52.4 Å². The highest BCUT2D eigenvalue weighted by Crippen LogP contribution is 2.25. The number of nitrogens with zero attached hydrogens (tertiary/aromatic N) is 6. The number of nitrogens with one attached hydrogen (secondary N) is 1. The van der Waals surface area contributed by atoms with Crippen LogP contribution in [0, 0.1) is 0 Å². The maximum Gasteiger partial charge on any atom is 0.416 e. The predicted molar refractivity (Wildman–Crippen MR) is 137 cm³/mol. The fourth-order valence-electron chi connectivity index (χ4n) is 3.82. The molecule has 4 rings (SSSR count). The largest absolute Gasteiger partial charge is 0.416 e. The van der Waals surface area contributed by atoms with Gasteiger partial charge in [-0.05, 0) is 43.3 Å². The zero-order valence-electron chi connectivity index (χ0n) is 20.5. The summed E-state index contributed by atoms with van der Waals surface area (Å²) in [6, 6.07) is 12.1. The van der Waals surface area contributed by atoms with Gasteiger partial charge in [-0.15, -0.1) is 10.2 Å². The van der Waals surface area contributed by atoms with Gasteiger partial charge in [0.1, 0.15) is 6.54 Å². The SMILES string of the molecule is CC(=O)NC(C)c1nc(Cn2nc(-c3ccc(Cl)cc3)n(C[C@H](O)C(F)(F)F)c2=O)nn1-c1ccccc1Cl. The number of hydrogen-bond donors (Lipinski definition) is 2. The van der Waals surface area contributed by atoms with E-state index in [4.69, 9.17) is 23.2 Å². The third-order valence-corrected chi connectivity index (χ3v) is 6.19. The van der Waals surface area contributed by atoms with Crippen molar-refractivity contribution in [1.29, 1.82) is 0 Å². The minimum absolute atomic E-state index is 0.0768. The van der Waals surface area contributed by atoms with Crippen LogP contribution in [0.5, 0.6) is 0 Å². The molecule has 0 aliphatic carbocycles. The first kappa shape index (κ1) is 28.3. The second-order valence-corrected chi connectivity index (χ2v) is 9.45. The fourth-order valence-corrected chi connectivity index (χ4v) is 4.16. The highest BCUT2D eigenvalue weighted by atomic mass is 35.5. The maximum absolute atomic E-state index is 13.2. The Morgan fingerprint density at radius 2 is 1.77 bits per heavy atom. The van der Waals surface area contributed by atoms with Gasteiger partial charge in [0.25, 0.3) is 0 Å². The summed E-state index contributed by atoms with van der Waals surface area (Å²) in [5, 5.41) is 21.8. The molecule has 39 heavy (non-hydrogen) atoms. The monoisotopic (exact) mass is 583 g/mol. The molecule has 0 aliphatic heterocycles. The van der Waals surface area contributed by atoms with Crippen molar-refractivity contribution in [3.63, 3.8) is 0 Å². The number of carbonyl (C=O) groups is 1. The van der Waals surface area contributed by atoms with E-state index in [1.54, 1.807) is 31.2 Å². The van der Waals surface area contributed by atoms with Gasteiger partial charge in [0.05, 0.1) is 23.3 Å². The van der Waals surface area contributed by atoms with Crippen molar-refractivity contribution >= 4 is 29.1 Å². The minimum atomic E-state index is -4.96. The lowest BCUT2D eigenvalue weighted by Gasteiger charge is -2.15. The summed E-state index contributed by atoms with van der Waals surface area (Å²) in [7, 11) is 0. The van der Waals surface area contributed by atoms with E-state index in [-0.39, 0.29) is 24.1 Å². The van der Waals surface area contributed by atoms with Crippen LogP contribution in [0.1, 0.15) is 31.5 Å². The molecule has 2 atom stereocenters. The van der Waals surface area contributed by atoms with Crippen LogP contribution >= 0.6 is 23.2 Å². The molecule has 2 heterocycles. The first-order valence-electron chi connectivity index (χ1n) is 11.5. The summed E-state index contributed by atoms with van der Waals surface area (Å²) >= 11 is 12.3. The average molecular weight is 584 g/mol. The van der Waals surface area contributed by atoms with E-state index in [0.29, 0.717) is 27.1 Å². The standard InChI is InChI=1S/C24H22Cl2F3N7O3/c1-13(30-14(2)37)21-31-20(32-36(21)18-6-4-3-5-17(18)26)12-35-23(39)34(11-19(38)24(27,28)29)22(33-35)15-7-9-16(25)10-8-15/h3-10,13,19,38H,11-12H2,1-2H3,(H,30,37)/t13?,19-/m0/s1. The van der Waals surface area contributed by atoms with Gasteiger partial charge >= 0.3 is 11.9 Å². The van der Waals surface area contributed by atoms with Gasteiger partial charge in [-0.25, -0.2) is 19.1 Å². The molecule has 1 unspecified atom stereocenters. The molecular formula is C24H22Cl2F3N7O3. The van der Waals surface area contributed by atoms with Crippen molar-refractivity contribution in [2.45, 2.75) is 45.3 Å².